The van der Waals surface area contributed by atoms with Gasteiger partial charge in [-0.05, 0) is 43.4 Å². The molecule has 2 atom stereocenters. The normalized spacial score (nSPS) is 22.0. The molecule has 3 nitrogen and oxygen atoms in total. The predicted octanol–water partition coefficient (Wildman–Crippen LogP) is 3.99. The molecule has 1 N–H and O–H groups in total. The Kier molecular flexibility index (Phi) is 4.45. The maximum Gasteiger partial charge on any atom is 0.313 e. The lowest BCUT2D eigenvalue weighted by Crippen LogP contribution is -2.39. The highest BCUT2D eigenvalue weighted by atomic mass is 32.2. The van der Waals surface area contributed by atoms with E-state index < -0.39 is 17.1 Å². The second kappa shape index (κ2) is 6.26. The molecule has 0 saturated carbocycles. The molecule has 0 spiro atoms. The monoisotopic (exact) mass is 342 g/mol. The number of hydrogen-bond donors (Lipinski definition) is 1. The summed E-state index contributed by atoms with van der Waals surface area (Å²) in [5, 5.41) is 11.7. The van der Waals surface area contributed by atoms with Crippen molar-refractivity contribution in [3.8, 4) is 0 Å². The Bertz CT molecular complexity index is 724. The standard InChI is InChI=1S/C20H22O3S/c1-19(2)13-17(18(21)23-19)20(22,14-7-5-4-6-8-14)15-9-11-16(24-3)12-10-15/h4-12,17,22H,13H2,1-3H3. The highest BCUT2D eigenvalue weighted by Gasteiger charge is 2.53. The Morgan fingerprint density at radius 1 is 1.08 bits per heavy atom. The van der Waals surface area contributed by atoms with Crippen LogP contribution in [0.25, 0.3) is 0 Å². The molecule has 126 valence electrons. The van der Waals surface area contributed by atoms with Gasteiger partial charge in [0.25, 0.3) is 0 Å². The van der Waals surface area contributed by atoms with Crippen molar-refractivity contribution in [1.82, 2.24) is 0 Å². The molecule has 1 aliphatic heterocycles. The number of ether oxygens (including phenoxy) is 1. The number of carbonyl (C=O) groups excluding carboxylic acids is 1. The van der Waals surface area contributed by atoms with Crippen molar-refractivity contribution in [1.29, 1.82) is 0 Å². The van der Waals surface area contributed by atoms with Crippen LogP contribution >= 0.6 is 11.8 Å². The van der Waals surface area contributed by atoms with E-state index in [1.54, 1.807) is 11.8 Å². The Labute approximate surface area is 147 Å². The molecule has 2 aromatic carbocycles. The van der Waals surface area contributed by atoms with Crippen LogP contribution in [0, 0.1) is 5.92 Å². The summed E-state index contributed by atoms with van der Waals surface area (Å²) < 4.78 is 5.49. The molecular formula is C20H22O3S. The molecule has 2 aromatic rings. The van der Waals surface area contributed by atoms with Crippen LogP contribution in [0.4, 0.5) is 0 Å². The zero-order chi connectivity index (χ0) is 17.4. The van der Waals surface area contributed by atoms with E-state index in [2.05, 4.69) is 0 Å². The van der Waals surface area contributed by atoms with E-state index in [4.69, 9.17) is 4.74 Å². The Hall–Kier alpha value is -1.78. The van der Waals surface area contributed by atoms with E-state index in [1.165, 1.54) is 0 Å². The summed E-state index contributed by atoms with van der Waals surface area (Å²) in [7, 11) is 0. The van der Waals surface area contributed by atoms with Gasteiger partial charge in [0.15, 0.2) is 0 Å². The Morgan fingerprint density at radius 2 is 1.67 bits per heavy atom. The minimum atomic E-state index is -1.40. The first kappa shape index (κ1) is 17.1. The van der Waals surface area contributed by atoms with E-state index in [1.807, 2.05) is 74.7 Å². The molecule has 3 rings (SSSR count). The SMILES string of the molecule is CSc1ccc(C(O)(c2ccccc2)C2CC(C)(C)OC2=O)cc1. The van der Waals surface area contributed by atoms with Crippen molar-refractivity contribution in [3.05, 3.63) is 65.7 Å². The third-order valence-corrected chi connectivity index (χ3v) is 5.35. The van der Waals surface area contributed by atoms with Crippen LogP contribution in [0.15, 0.2) is 59.5 Å². The summed E-state index contributed by atoms with van der Waals surface area (Å²) in [5.74, 6) is -0.977. The summed E-state index contributed by atoms with van der Waals surface area (Å²) in [5.41, 5.74) is -0.542. The fraction of sp³-hybridized carbons (Fsp3) is 0.350. The van der Waals surface area contributed by atoms with Crippen molar-refractivity contribution in [2.45, 2.75) is 36.4 Å². The average molecular weight is 342 g/mol. The molecule has 24 heavy (non-hydrogen) atoms. The highest BCUT2D eigenvalue weighted by molar-refractivity contribution is 7.98. The third kappa shape index (κ3) is 2.96. The molecule has 0 radical (unpaired) electrons. The first-order valence-corrected chi connectivity index (χ1v) is 9.24. The lowest BCUT2D eigenvalue weighted by atomic mass is 9.73. The van der Waals surface area contributed by atoms with Gasteiger partial charge < -0.3 is 9.84 Å². The van der Waals surface area contributed by atoms with Gasteiger partial charge in [0.1, 0.15) is 11.2 Å². The van der Waals surface area contributed by atoms with Gasteiger partial charge in [0, 0.05) is 11.3 Å². The van der Waals surface area contributed by atoms with E-state index in [9.17, 15) is 9.90 Å². The Balaban J connectivity index is 2.12. The molecule has 1 heterocycles. The average Bonchev–Trinajstić information content (AvgIpc) is 2.88. The maximum atomic E-state index is 12.5. The van der Waals surface area contributed by atoms with Crippen molar-refractivity contribution in [2.24, 2.45) is 5.92 Å². The molecule has 1 fully saturated rings. The smallest absolute Gasteiger partial charge is 0.313 e. The van der Waals surface area contributed by atoms with Crippen LogP contribution in [0.5, 0.6) is 0 Å². The van der Waals surface area contributed by atoms with Gasteiger partial charge in [-0.2, -0.15) is 0 Å². The number of esters is 1. The minimum Gasteiger partial charge on any atom is -0.459 e. The molecule has 0 aliphatic carbocycles. The van der Waals surface area contributed by atoms with E-state index >= 15 is 0 Å². The molecule has 0 bridgehead atoms. The largest absolute Gasteiger partial charge is 0.459 e. The topological polar surface area (TPSA) is 46.5 Å². The van der Waals surface area contributed by atoms with Gasteiger partial charge in [-0.15, -0.1) is 11.8 Å². The number of cyclic esters (lactones) is 1. The van der Waals surface area contributed by atoms with Crippen molar-refractivity contribution in [3.63, 3.8) is 0 Å². The quantitative estimate of drug-likeness (QED) is 0.674. The number of rotatable bonds is 4. The Morgan fingerprint density at radius 3 is 2.17 bits per heavy atom. The van der Waals surface area contributed by atoms with Crippen LogP contribution in [0.1, 0.15) is 31.4 Å². The van der Waals surface area contributed by atoms with Gasteiger partial charge in [0.2, 0.25) is 0 Å². The summed E-state index contributed by atoms with van der Waals surface area (Å²) in [6, 6.07) is 17.1. The van der Waals surface area contributed by atoms with E-state index in [0.717, 1.165) is 4.90 Å². The maximum absolute atomic E-state index is 12.5. The summed E-state index contributed by atoms with van der Waals surface area (Å²) in [6.07, 6.45) is 2.48. The second-order valence-corrected chi connectivity index (χ2v) is 7.68. The number of aliphatic hydroxyl groups is 1. The molecular weight excluding hydrogens is 320 g/mol. The second-order valence-electron chi connectivity index (χ2n) is 6.80. The van der Waals surface area contributed by atoms with Crippen molar-refractivity contribution >= 4 is 17.7 Å². The van der Waals surface area contributed by atoms with Gasteiger partial charge in [-0.3, -0.25) is 4.79 Å². The predicted molar refractivity (Wildman–Crippen MR) is 95.9 cm³/mol. The minimum absolute atomic E-state index is 0.347. The first-order chi connectivity index (χ1) is 11.4. The molecule has 0 aromatic heterocycles. The molecule has 0 amide bonds. The molecule has 1 aliphatic rings. The van der Waals surface area contributed by atoms with Gasteiger partial charge >= 0.3 is 5.97 Å². The van der Waals surface area contributed by atoms with Crippen molar-refractivity contribution < 1.29 is 14.6 Å². The summed E-state index contributed by atoms with van der Waals surface area (Å²) >= 11 is 1.64. The third-order valence-electron chi connectivity index (χ3n) is 4.61. The van der Waals surface area contributed by atoms with Crippen LogP contribution in [-0.2, 0) is 15.1 Å². The van der Waals surface area contributed by atoms with E-state index in [0.29, 0.717) is 17.5 Å². The zero-order valence-corrected chi connectivity index (χ0v) is 15.0. The van der Waals surface area contributed by atoms with Gasteiger partial charge in [-0.25, -0.2) is 0 Å². The lowest BCUT2D eigenvalue weighted by molar-refractivity contribution is -0.152. The zero-order valence-electron chi connectivity index (χ0n) is 14.2. The number of benzene rings is 2. The molecule has 2 unspecified atom stereocenters. The van der Waals surface area contributed by atoms with Crippen LogP contribution in [-0.4, -0.2) is 22.9 Å². The van der Waals surface area contributed by atoms with Gasteiger partial charge in [0.05, 0.1) is 5.92 Å². The van der Waals surface area contributed by atoms with E-state index in [-0.39, 0.29) is 5.97 Å². The molecule has 4 heteroatoms. The van der Waals surface area contributed by atoms with Crippen LogP contribution < -0.4 is 0 Å². The van der Waals surface area contributed by atoms with Gasteiger partial charge in [-0.1, -0.05) is 42.5 Å². The first-order valence-electron chi connectivity index (χ1n) is 8.02. The summed E-state index contributed by atoms with van der Waals surface area (Å²) in [4.78, 5) is 13.6. The fourth-order valence-electron chi connectivity index (χ4n) is 3.38. The summed E-state index contributed by atoms with van der Waals surface area (Å²) in [6.45, 7) is 3.76. The molecule has 1 saturated heterocycles. The van der Waals surface area contributed by atoms with Crippen LogP contribution in [0.3, 0.4) is 0 Å². The highest BCUT2D eigenvalue weighted by Crippen LogP contribution is 2.46. The number of thioether (sulfide) groups is 1. The lowest BCUT2D eigenvalue weighted by Gasteiger charge is -2.33. The van der Waals surface area contributed by atoms with Crippen LogP contribution in [0.2, 0.25) is 0 Å². The van der Waals surface area contributed by atoms with Crippen molar-refractivity contribution in [2.75, 3.05) is 6.26 Å². The number of hydrogen-bond acceptors (Lipinski definition) is 4. The number of carbonyl (C=O) groups is 1. The fourth-order valence-corrected chi connectivity index (χ4v) is 3.79.